The minimum Gasteiger partial charge on any atom is -0.507 e. The van der Waals surface area contributed by atoms with Gasteiger partial charge >= 0.3 is 0 Å². The van der Waals surface area contributed by atoms with Gasteiger partial charge in [0.1, 0.15) is 42.0 Å². The van der Waals surface area contributed by atoms with E-state index in [1.54, 1.807) is 0 Å². The maximum absolute atomic E-state index is 13.0. The number of phenols is 2. The lowest BCUT2D eigenvalue weighted by Crippen LogP contribution is -2.59. The maximum atomic E-state index is 13.0. The van der Waals surface area contributed by atoms with Crippen LogP contribution < -0.4 is 0 Å². The van der Waals surface area contributed by atoms with Gasteiger partial charge in [-0.2, -0.15) is 0 Å². The van der Waals surface area contributed by atoms with Crippen molar-refractivity contribution in [1.29, 1.82) is 0 Å². The minimum atomic E-state index is -1.70. The minimum absolute atomic E-state index is 0.114. The van der Waals surface area contributed by atoms with E-state index in [4.69, 9.17) is 9.47 Å². The first-order valence-electron chi connectivity index (χ1n) is 9.57. The molecule has 0 saturated carbocycles. The van der Waals surface area contributed by atoms with Crippen molar-refractivity contribution in [2.45, 2.75) is 43.4 Å². The summed E-state index contributed by atoms with van der Waals surface area (Å²) in [6, 6.07) is 6.94. The number of ether oxygens (including phenoxy) is 2. The molecule has 6 atom stereocenters. The number of aliphatic hydroxyl groups is 5. The molecule has 7 N–H and O–H groups in total. The van der Waals surface area contributed by atoms with Gasteiger partial charge in [-0.15, -0.1) is 0 Å². The lowest BCUT2D eigenvalue weighted by Gasteiger charge is -2.41. The van der Waals surface area contributed by atoms with Gasteiger partial charge in [-0.3, -0.25) is 4.79 Å². The Morgan fingerprint density at radius 2 is 1.61 bits per heavy atom. The first kappa shape index (κ1) is 21.7. The van der Waals surface area contributed by atoms with E-state index in [0.29, 0.717) is 0 Å². The van der Waals surface area contributed by atoms with Gasteiger partial charge in [0.05, 0.1) is 24.3 Å². The quantitative estimate of drug-likeness (QED) is 0.317. The highest BCUT2D eigenvalue weighted by Crippen LogP contribution is 2.45. The number of hydrogen-bond acceptors (Lipinski definition) is 10. The normalized spacial score (nSPS) is 30.0. The van der Waals surface area contributed by atoms with Crippen molar-refractivity contribution in [1.82, 2.24) is 0 Å². The van der Waals surface area contributed by atoms with Gasteiger partial charge in [-0.25, -0.2) is 0 Å². The predicted octanol–water partition coefficient (Wildman–Crippen LogP) is -0.960. The maximum Gasteiger partial charge on any atom is 0.201 e. The molecule has 1 unspecified atom stereocenters. The van der Waals surface area contributed by atoms with E-state index in [0.717, 1.165) is 0 Å². The number of carbonyl (C=O) groups is 1. The zero-order chi connectivity index (χ0) is 22.4. The number of carbonyl (C=O) groups excluding carboxylic acids is 1. The molecule has 0 amide bonds. The lowest BCUT2D eigenvalue weighted by atomic mass is 9.81. The summed E-state index contributed by atoms with van der Waals surface area (Å²) in [5, 5.41) is 70.1. The summed E-state index contributed by atoms with van der Waals surface area (Å²) in [5.74, 6) is -1.43. The van der Waals surface area contributed by atoms with Gasteiger partial charge < -0.3 is 45.2 Å². The third-order valence-electron chi connectivity index (χ3n) is 5.60. The molecule has 2 aliphatic rings. The van der Waals surface area contributed by atoms with Crippen LogP contribution in [-0.4, -0.2) is 78.8 Å². The Kier molecular flexibility index (Phi) is 5.71. The molecule has 0 spiro atoms. The first-order valence-corrected chi connectivity index (χ1v) is 9.57. The summed E-state index contributed by atoms with van der Waals surface area (Å²) in [4.78, 5) is 13.0. The van der Waals surface area contributed by atoms with Crippen molar-refractivity contribution >= 4 is 5.78 Å². The number of rotatable bonds is 4. The second-order valence-corrected chi connectivity index (χ2v) is 7.52. The van der Waals surface area contributed by atoms with Gasteiger partial charge in [0.25, 0.3) is 0 Å². The van der Waals surface area contributed by atoms with E-state index in [2.05, 4.69) is 0 Å². The van der Waals surface area contributed by atoms with Gasteiger partial charge in [-0.05, 0) is 23.8 Å². The number of fused-ring (bicyclic) bond motifs is 2. The Morgan fingerprint density at radius 1 is 0.903 bits per heavy atom. The van der Waals surface area contributed by atoms with Gasteiger partial charge in [-0.1, -0.05) is 12.1 Å². The standard InChI is InChI=1S/C21H22O10/c22-6-8-4-10-15(12(25)5-8)17(27)14-9(2-1-3-11(14)24)20(10)31-21-19(29)18(28)16(26)13(7-23)30-21/h1-5,13,16,18-26,28-29H,6-7H2/t13-,16-,18+,19-,20?,21+/m1/s1. The molecule has 1 heterocycles. The molecule has 1 aliphatic heterocycles. The lowest BCUT2D eigenvalue weighted by molar-refractivity contribution is -0.309. The van der Waals surface area contributed by atoms with Crippen LogP contribution in [0.15, 0.2) is 30.3 Å². The van der Waals surface area contributed by atoms with Crippen molar-refractivity contribution in [3.63, 3.8) is 0 Å². The van der Waals surface area contributed by atoms with Crippen LogP contribution in [0.4, 0.5) is 0 Å². The molecular weight excluding hydrogens is 412 g/mol. The van der Waals surface area contributed by atoms with E-state index >= 15 is 0 Å². The van der Waals surface area contributed by atoms with Gasteiger partial charge in [0.15, 0.2) is 6.29 Å². The number of phenolic OH excluding ortho intramolecular Hbond substituents is 2. The second-order valence-electron chi connectivity index (χ2n) is 7.52. The molecule has 2 aromatic carbocycles. The van der Waals surface area contributed by atoms with Crippen LogP contribution in [0.2, 0.25) is 0 Å². The van der Waals surface area contributed by atoms with Crippen LogP contribution in [0.3, 0.4) is 0 Å². The third-order valence-corrected chi connectivity index (χ3v) is 5.60. The van der Waals surface area contributed by atoms with Crippen LogP contribution in [0.1, 0.15) is 38.7 Å². The van der Waals surface area contributed by atoms with Crippen molar-refractivity contribution in [2.24, 2.45) is 0 Å². The molecule has 0 bridgehead atoms. The fourth-order valence-corrected chi connectivity index (χ4v) is 4.03. The van der Waals surface area contributed by atoms with E-state index < -0.39 is 61.6 Å². The van der Waals surface area contributed by atoms with E-state index in [-0.39, 0.29) is 33.6 Å². The van der Waals surface area contributed by atoms with Gasteiger partial charge in [0, 0.05) is 11.1 Å². The highest BCUT2D eigenvalue weighted by molar-refractivity contribution is 6.15. The zero-order valence-electron chi connectivity index (χ0n) is 16.1. The molecule has 31 heavy (non-hydrogen) atoms. The Bertz CT molecular complexity index is 1000. The van der Waals surface area contributed by atoms with E-state index in [1.165, 1.54) is 30.3 Å². The number of ketones is 1. The average Bonchev–Trinajstić information content (AvgIpc) is 2.75. The third kappa shape index (κ3) is 3.48. The molecule has 1 saturated heterocycles. The van der Waals surface area contributed by atoms with Crippen LogP contribution >= 0.6 is 0 Å². The molecule has 4 rings (SSSR count). The molecule has 1 fully saturated rings. The average molecular weight is 434 g/mol. The Labute approximate surface area is 176 Å². The summed E-state index contributed by atoms with van der Waals surface area (Å²) in [6.07, 6.45) is -8.86. The number of aromatic hydroxyl groups is 2. The number of benzene rings is 2. The summed E-state index contributed by atoms with van der Waals surface area (Å²) < 4.78 is 11.3. The van der Waals surface area contributed by atoms with Crippen LogP contribution in [-0.2, 0) is 16.1 Å². The summed E-state index contributed by atoms with van der Waals surface area (Å²) in [7, 11) is 0. The fraction of sp³-hybridized carbons (Fsp3) is 0.381. The van der Waals surface area contributed by atoms with Crippen molar-refractivity contribution in [3.8, 4) is 11.5 Å². The molecule has 2 aromatic rings. The van der Waals surface area contributed by atoms with Crippen molar-refractivity contribution in [3.05, 3.63) is 58.1 Å². The van der Waals surface area contributed by atoms with Crippen molar-refractivity contribution < 1.29 is 50.0 Å². The summed E-state index contributed by atoms with van der Waals surface area (Å²) in [6.45, 7) is -1.09. The highest BCUT2D eigenvalue weighted by atomic mass is 16.7. The molecular formula is C21H22O10. The summed E-state index contributed by atoms with van der Waals surface area (Å²) >= 11 is 0. The number of hydrogen-bond donors (Lipinski definition) is 7. The predicted molar refractivity (Wildman–Crippen MR) is 102 cm³/mol. The smallest absolute Gasteiger partial charge is 0.201 e. The Hall–Kier alpha value is -2.57. The van der Waals surface area contributed by atoms with E-state index in [9.17, 15) is 40.5 Å². The van der Waals surface area contributed by atoms with Crippen LogP contribution in [0.5, 0.6) is 11.5 Å². The van der Waals surface area contributed by atoms with Crippen LogP contribution in [0.25, 0.3) is 0 Å². The molecule has 10 nitrogen and oxygen atoms in total. The molecule has 0 aromatic heterocycles. The first-order chi connectivity index (χ1) is 14.8. The molecule has 0 radical (unpaired) electrons. The number of aliphatic hydroxyl groups excluding tert-OH is 5. The Balaban J connectivity index is 1.83. The SMILES string of the molecule is O=C1c2c(O)cccc2C(O[C@@H]2O[C@H](CO)[C@@H](O)[C@H](O)[C@H]2O)c2cc(CO)cc(O)c21. The zero-order valence-corrected chi connectivity index (χ0v) is 16.1. The monoisotopic (exact) mass is 434 g/mol. The molecule has 166 valence electrons. The van der Waals surface area contributed by atoms with Gasteiger partial charge in [0.2, 0.25) is 5.78 Å². The van der Waals surface area contributed by atoms with Crippen LogP contribution in [0, 0.1) is 0 Å². The second kappa shape index (κ2) is 8.17. The molecule has 1 aliphatic carbocycles. The molecule has 10 heteroatoms. The largest absolute Gasteiger partial charge is 0.507 e. The Morgan fingerprint density at radius 3 is 2.29 bits per heavy atom. The topological polar surface area (TPSA) is 177 Å². The van der Waals surface area contributed by atoms with Crippen molar-refractivity contribution in [2.75, 3.05) is 6.61 Å². The van der Waals surface area contributed by atoms with E-state index in [1.807, 2.05) is 0 Å². The summed E-state index contributed by atoms with van der Waals surface area (Å²) in [5.41, 5.74) is 0.389. The fourth-order valence-electron chi connectivity index (χ4n) is 4.03. The highest BCUT2D eigenvalue weighted by Gasteiger charge is 2.46.